The predicted molar refractivity (Wildman–Crippen MR) is 122 cm³/mol. The number of hydrogen-bond acceptors (Lipinski definition) is 1. The van der Waals surface area contributed by atoms with Gasteiger partial charge in [-0.3, -0.25) is 0 Å². The van der Waals surface area contributed by atoms with Crippen LogP contribution in [0.15, 0.2) is 75.2 Å². The Labute approximate surface area is 181 Å². The van der Waals surface area contributed by atoms with Crippen LogP contribution in [-0.2, 0) is 18.7 Å². The molecule has 0 radical (unpaired) electrons. The summed E-state index contributed by atoms with van der Waals surface area (Å²) in [7, 11) is 0. The van der Waals surface area contributed by atoms with Crippen LogP contribution in [0, 0.1) is 5.41 Å². The zero-order chi connectivity index (χ0) is 21.2. The molecule has 151 valence electrons. The maximum absolute atomic E-state index is 5.62. The van der Waals surface area contributed by atoms with E-state index in [2.05, 4.69) is 72.8 Å². The van der Waals surface area contributed by atoms with Crippen molar-refractivity contribution in [3.63, 3.8) is 0 Å². The average molecular weight is 413 g/mol. The monoisotopic (exact) mass is 413 g/mol. The minimum absolute atomic E-state index is 0.0803. The number of hydrogen-bond donors (Lipinski definition) is 0. The molecule has 0 fully saturated rings. The van der Waals surface area contributed by atoms with Gasteiger partial charge in [0.15, 0.2) is 0 Å². The molecule has 1 aliphatic rings. The van der Waals surface area contributed by atoms with E-state index in [4.69, 9.17) is 4.74 Å². The molecule has 0 saturated carbocycles. The third-order valence-corrected chi connectivity index (χ3v) is 6.11. The van der Waals surface area contributed by atoms with Gasteiger partial charge in [0, 0.05) is 0 Å². The normalized spacial score (nSPS) is 14.4. The molecule has 1 aliphatic carbocycles. The first-order chi connectivity index (χ1) is 13.1. The molecule has 0 heterocycles. The van der Waals surface area contributed by atoms with Crippen LogP contribution in [0.5, 0.6) is 5.75 Å². The quantitative estimate of drug-likeness (QED) is 0.358. The van der Waals surface area contributed by atoms with E-state index in [0.717, 1.165) is 5.75 Å². The molecule has 2 heteroatoms. The van der Waals surface area contributed by atoms with Gasteiger partial charge in [0.25, 0.3) is 0 Å². The summed E-state index contributed by atoms with van der Waals surface area (Å²) in [5, 5.41) is 0. The van der Waals surface area contributed by atoms with Gasteiger partial charge in [0.2, 0.25) is 0 Å². The number of para-hydroxylation sites is 1. The Morgan fingerprint density at radius 3 is 2.21 bits per heavy atom. The van der Waals surface area contributed by atoms with E-state index in [1.807, 2.05) is 37.3 Å². The van der Waals surface area contributed by atoms with Gasteiger partial charge >= 0.3 is 90.6 Å². The van der Waals surface area contributed by atoms with Crippen molar-refractivity contribution in [2.24, 2.45) is 5.41 Å². The second kappa shape index (κ2) is 12.2. The summed E-state index contributed by atoms with van der Waals surface area (Å²) in [5.74, 6) is 0.920. The first kappa shape index (κ1) is 24.6. The summed E-state index contributed by atoms with van der Waals surface area (Å²) < 4.78 is 8.95. The standard InChI is InChI=1S/C14H18O.C9H13.C3H6.Ti/c1-4-12(2)10-13(3)11-15-14-8-6-5-7-9-14;1-9(2,3)8-6-4-5-7-8;1-3-2;/h4-10H,11H2,1-3H3;6-7H,4H2,1-3H3;1-2H3;. The molecule has 0 aliphatic heterocycles. The van der Waals surface area contributed by atoms with Crippen LogP contribution in [0.4, 0.5) is 0 Å². The summed E-state index contributed by atoms with van der Waals surface area (Å²) in [4.78, 5) is 0. The topological polar surface area (TPSA) is 9.23 Å². The van der Waals surface area contributed by atoms with Gasteiger partial charge in [-0.05, 0) is 38.5 Å². The van der Waals surface area contributed by atoms with Crippen LogP contribution < -0.4 is 4.74 Å². The van der Waals surface area contributed by atoms with Crippen LogP contribution in [0.25, 0.3) is 0 Å². The third kappa shape index (κ3) is 10.2. The Kier molecular flexibility index (Phi) is 10.7. The van der Waals surface area contributed by atoms with E-state index in [1.54, 1.807) is 7.69 Å². The van der Waals surface area contributed by atoms with Crippen LogP contribution in [0.2, 0.25) is 0 Å². The molecule has 0 saturated heterocycles. The molecule has 28 heavy (non-hydrogen) atoms. The first-order valence-electron chi connectivity index (χ1n) is 10.1. The van der Waals surface area contributed by atoms with Gasteiger partial charge in [0.05, 0.1) is 0 Å². The molecule has 0 bridgehead atoms. The Morgan fingerprint density at radius 2 is 1.71 bits per heavy atom. The molecule has 2 rings (SSSR count). The summed E-state index contributed by atoms with van der Waals surface area (Å²) >= 11 is 0.0803. The van der Waals surface area contributed by atoms with Crippen LogP contribution in [-0.4, -0.2) is 10.4 Å². The number of benzene rings is 1. The molecule has 1 nitrogen and oxygen atoms in total. The van der Waals surface area contributed by atoms with Crippen molar-refractivity contribution < 1.29 is 23.4 Å². The maximum atomic E-state index is 5.62. The number of rotatable bonds is 5. The number of allylic oxidation sites excluding steroid dienone is 7. The molecule has 0 aromatic heterocycles. The first-order valence-corrected chi connectivity index (χ1v) is 11.6. The van der Waals surface area contributed by atoms with E-state index in [0.29, 0.717) is 12.0 Å². The predicted octanol–water partition coefficient (Wildman–Crippen LogP) is 7.52. The van der Waals surface area contributed by atoms with E-state index in [-0.39, 0.29) is 18.7 Å². The zero-order valence-corrected chi connectivity index (χ0v) is 20.6. The fraction of sp³-hybridized carbons (Fsp3) is 0.423. The Balaban J connectivity index is 0.000000283. The van der Waals surface area contributed by atoms with Crippen LogP contribution in [0.1, 0.15) is 61.8 Å². The van der Waals surface area contributed by atoms with Crippen molar-refractivity contribution in [3.05, 3.63) is 75.2 Å². The van der Waals surface area contributed by atoms with Crippen molar-refractivity contribution in [2.45, 2.75) is 61.8 Å². The van der Waals surface area contributed by atoms with Crippen molar-refractivity contribution in [2.75, 3.05) is 6.61 Å². The van der Waals surface area contributed by atoms with Gasteiger partial charge in [0.1, 0.15) is 12.4 Å². The summed E-state index contributed by atoms with van der Waals surface area (Å²) in [6, 6.07) is 9.88. The summed E-state index contributed by atoms with van der Waals surface area (Å²) in [6.07, 6.45) is 10.3. The Hall–Kier alpha value is -1.44. The number of ether oxygens (including phenoxy) is 1. The fourth-order valence-corrected chi connectivity index (χ4v) is 4.36. The van der Waals surface area contributed by atoms with E-state index >= 15 is 0 Å². The van der Waals surface area contributed by atoms with Gasteiger partial charge in [-0.15, -0.1) is 0 Å². The van der Waals surface area contributed by atoms with Gasteiger partial charge in [-0.25, -0.2) is 0 Å². The Bertz CT molecular complexity index is 764. The molecular formula is C26H37OTi. The van der Waals surface area contributed by atoms with Crippen molar-refractivity contribution in [1.29, 1.82) is 0 Å². The van der Waals surface area contributed by atoms with Crippen molar-refractivity contribution in [3.8, 4) is 5.75 Å². The SMILES string of the molecule is CC=C(C)C=C(C)COc1ccccc1.C[C](C)=[Ti][C]1=CC(C(C)(C)C)=CC1. The van der Waals surface area contributed by atoms with E-state index in [1.165, 1.54) is 23.1 Å². The van der Waals surface area contributed by atoms with Crippen molar-refractivity contribution in [1.82, 2.24) is 0 Å². The van der Waals surface area contributed by atoms with Gasteiger partial charge in [-0.2, -0.15) is 0 Å². The second-order valence-corrected chi connectivity index (χ2v) is 11.5. The molecule has 1 aromatic rings. The van der Waals surface area contributed by atoms with E-state index in [9.17, 15) is 0 Å². The molecule has 0 amide bonds. The molecule has 0 spiro atoms. The van der Waals surface area contributed by atoms with Gasteiger partial charge < -0.3 is 4.74 Å². The molecule has 0 N–H and O–H groups in total. The summed E-state index contributed by atoms with van der Waals surface area (Å²) in [6.45, 7) is 18.3. The summed E-state index contributed by atoms with van der Waals surface area (Å²) in [5.41, 5.74) is 4.38. The molecular weight excluding hydrogens is 376 g/mol. The van der Waals surface area contributed by atoms with Crippen LogP contribution >= 0.6 is 0 Å². The van der Waals surface area contributed by atoms with E-state index < -0.39 is 0 Å². The third-order valence-electron chi connectivity index (χ3n) is 4.29. The zero-order valence-electron chi connectivity index (χ0n) is 19.0. The van der Waals surface area contributed by atoms with Crippen molar-refractivity contribution >= 4 is 3.81 Å². The average Bonchev–Trinajstić information content (AvgIpc) is 3.09. The van der Waals surface area contributed by atoms with Gasteiger partial charge in [-0.1, -0.05) is 35.9 Å². The minimum atomic E-state index is 0.0803. The molecule has 1 aromatic carbocycles. The Morgan fingerprint density at radius 1 is 1.07 bits per heavy atom. The molecule has 0 unspecified atom stereocenters. The van der Waals surface area contributed by atoms with Crippen LogP contribution in [0.3, 0.4) is 0 Å². The molecule has 0 atom stereocenters. The fourth-order valence-electron chi connectivity index (χ4n) is 2.68. The second-order valence-electron chi connectivity index (χ2n) is 8.53.